The molecule has 0 spiro atoms. The molecule has 12 nitrogen and oxygen atoms in total. The number of primary amides is 1. The summed E-state index contributed by atoms with van der Waals surface area (Å²) in [7, 11) is 2.81. The van der Waals surface area contributed by atoms with Crippen molar-refractivity contribution in [2.24, 2.45) is 29.4 Å². The van der Waals surface area contributed by atoms with Gasteiger partial charge in [-0.2, -0.15) is 0 Å². The number of hydrogen-bond donors (Lipinski definition) is 5. The molecule has 1 amide bonds. The zero-order valence-electron chi connectivity index (χ0n) is 21.8. The third-order valence-corrected chi connectivity index (χ3v) is 8.35. The first kappa shape index (κ1) is 28.0. The Morgan fingerprint density at radius 3 is 2.20 bits per heavy atom. The number of aromatic hydroxyl groups is 1. The molecule has 41 heavy (non-hydrogen) atoms. The average Bonchev–Trinajstić information content (AvgIpc) is 2.90. The topological polar surface area (TPSA) is 213 Å². The number of carbonyl (C=O) groups excluding carboxylic acids is 5. The lowest BCUT2D eigenvalue weighted by molar-refractivity contribution is -0.192. The molecule has 7 unspecified atom stereocenters. The van der Waals surface area contributed by atoms with Gasteiger partial charge in [0.25, 0.3) is 0 Å². The van der Waals surface area contributed by atoms with Gasteiger partial charge in [-0.25, -0.2) is 4.79 Å². The minimum Gasteiger partial charge on any atom is -0.507 e. The molecule has 0 aliphatic heterocycles. The van der Waals surface area contributed by atoms with E-state index in [1.807, 2.05) is 0 Å². The van der Waals surface area contributed by atoms with E-state index in [1.54, 1.807) is 0 Å². The second-order valence-electron chi connectivity index (χ2n) is 10.8. The van der Waals surface area contributed by atoms with Crippen LogP contribution in [0.1, 0.15) is 31.8 Å². The fourth-order valence-corrected chi connectivity index (χ4v) is 6.57. The van der Waals surface area contributed by atoms with Crippen LogP contribution in [-0.4, -0.2) is 92.2 Å². The molecular formula is C29H26N2O10. The lowest BCUT2D eigenvalue weighted by Gasteiger charge is -2.55. The van der Waals surface area contributed by atoms with Crippen molar-refractivity contribution in [2.45, 2.75) is 17.7 Å². The third-order valence-electron chi connectivity index (χ3n) is 8.35. The van der Waals surface area contributed by atoms with Gasteiger partial charge < -0.3 is 26.2 Å². The van der Waals surface area contributed by atoms with Gasteiger partial charge in [0.15, 0.2) is 34.7 Å². The maximum absolute atomic E-state index is 14.1. The van der Waals surface area contributed by atoms with Crippen LogP contribution >= 0.6 is 0 Å². The van der Waals surface area contributed by atoms with E-state index in [-0.39, 0.29) is 22.3 Å². The SMILES string of the molecule is CN(C)C1C(=O)C(C(N)=O)C(=O)C2(O)C(=O)C3C(=O)c4c(O)cccc4/C(=C\c4ccc(C(=O)O)cc4)C3C(O)C12. The Hall–Kier alpha value is -4.52. The number of benzene rings is 2. The number of hydrogen-bond acceptors (Lipinski definition) is 10. The number of likely N-dealkylation sites (N-methyl/N-ethyl adjacent to an activating group) is 1. The van der Waals surface area contributed by atoms with Crippen molar-refractivity contribution in [3.8, 4) is 5.75 Å². The van der Waals surface area contributed by atoms with Crippen LogP contribution in [-0.2, 0) is 19.2 Å². The monoisotopic (exact) mass is 562 g/mol. The van der Waals surface area contributed by atoms with E-state index in [0.717, 1.165) is 0 Å². The lowest BCUT2D eigenvalue weighted by atomic mass is 9.50. The molecule has 2 saturated carbocycles. The second-order valence-corrected chi connectivity index (χ2v) is 10.8. The van der Waals surface area contributed by atoms with Gasteiger partial charge in [0.2, 0.25) is 5.91 Å². The van der Waals surface area contributed by atoms with Crippen molar-refractivity contribution in [3.05, 3.63) is 64.7 Å². The van der Waals surface area contributed by atoms with Gasteiger partial charge in [-0.15, -0.1) is 0 Å². The minimum atomic E-state index is -3.12. The number of aromatic carboxylic acids is 1. The van der Waals surface area contributed by atoms with Crippen molar-refractivity contribution >= 4 is 46.7 Å². The first-order valence-electron chi connectivity index (χ1n) is 12.6. The van der Waals surface area contributed by atoms with Crippen LogP contribution in [0.15, 0.2) is 42.5 Å². The van der Waals surface area contributed by atoms with Crippen molar-refractivity contribution in [3.63, 3.8) is 0 Å². The number of nitrogens with zero attached hydrogens (tertiary/aromatic N) is 1. The summed E-state index contributed by atoms with van der Waals surface area (Å²) in [5.41, 5.74) is 2.69. The zero-order valence-corrected chi connectivity index (χ0v) is 21.8. The molecule has 6 N–H and O–H groups in total. The van der Waals surface area contributed by atoms with Gasteiger partial charge in [0.05, 0.1) is 35.1 Å². The normalized spacial score (nSPS) is 32.0. The first-order valence-corrected chi connectivity index (χ1v) is 12.6. The number of carboxylic acid groups (broad SMARTS) is 1. The number of phenolic OH excluding ortho intramolecular Hbond substituents is 1. The van der Waals surface area contributed by atoms with Crippen molar-refractivity contribution < 1.29 is 49.2 Å². The average molecular weight is 563 g/mol. The number of carbonyl (C=O) groups is 6. The van der Waals surface area contributed by atoms with Crippen molar-refractivity contribution in [1.82, 2.24) is 4.90 Å². The number of rotatable bonds is 4. The highest BCUT2D eigenvalue weighted by molar-refractivity contribution is 6.33. The van der Waals surface area contributed by atoms with E-state index < -0.39 is 82.2 Å². The predicted molar refractivity (Wildman–Crippen MR) is 140 cm³/mol. The van der Waals surface area contributed by atoms with Crippen LogP contribution in [0.5, 0.6) is 5.75 Å². The number of aliphatic hydroxyl groups excluding tert-OH is 1. The van der Waals surface area contributed by atoms with E-state index >= 15 is 0 Å². The number of phenols is 1. The highest BCUT2D eigenvalue weighted by Gasteiger charge is 2.72. The van der Waals surface area contributed by atoms with Crippen LogP contribution < -0.4 is 5.73 Å². The number of aliphatic hydroxyl groups is 2. The predicted octanol–water partition coefficient (Wildman–Crippen LogP) is -0.466. The molecule has 7 atom stereocenters. The van der Waals surface area contributed by atoms with Crippen LogP contribution in [0.25, 0.3) is 11.6 Å². The Labute approximate surface area is 232 Å². The summed E-state index contributed by atoms with van der Waals surface area (Å²) in [6, 6.07) is 8.23. The fourth-order valence-electron chi connectivity index (χ4n) is 6.57. The van der Waals surface area contributed by atoms with Crippen LogP contribution in [0.2, 0.25) is 0 Å². The van der Waals surface area contributed by atoms with Crippen molar-refractivity contribution in [1.29, 1.82) is 0 Å². The Balaban J connectivity index is 1.77. The molecule has 12 heteroatoms. The summed E-state index contributed by atoms with van der Waals surface area (Å²) < 4.78 is 0. The van der Waals surface area contributed by atoms with Crippen molar-refractivity contribution in [2.75, 3.05) is 14.1 Å². The highest BCUT2D eigenvalue weighted by atomic mass is 16.4. The number of Topliss-reactive ketones (excluding diaryl/α,β-unsaturated/α-hetero) is 4. The summed E-state index contributed by atoms with van der Waals surface area (Å²) in [5.74, 6) is -15.0. The number of nitrogens with two attached hydrogens (primary N) is 1. The quantitative estimate of drug-likeness (QED) is 0.301. The number of fused-ring (bicyclic) bond motifs is 3. The van der Waals surface area contributed by atoms with E-state index in [4.69, 9.17) is 5.73 Å². The summed E-state index contributed by atoms with van der Waals surface area (Å²) >= 11 is 0. The largest absolute Gasteiger partial charge is 0.507 e. The summed E-state index contributed by atoms with van der Waals surface area (Å²) in [6.45, 7) is 0. The van der Waals surface area contributed by atoms with Gasteiger partial charge in [0, 0.05) is 5.92 Å². The zero-order chi connectivity index (χ0) is 30.1. The second kappa shape index (κ2) is 9.54. The summed E-state index contributed by atoms with van der Waals surface area (Å²) in [5, 5.41) is 43.5. The molecule has 0 aromatic heterocycles. The standard InChI is InChI=1S/C29H26N2O10/c1-31(2)21-20-23(34)17-14(10-11-6-8-12(9-7-11)28(39)40)13-4-3-5-15(32)16(13)22(33)18(17)25(36)29(20,41)26(37)19(24(21)35)27(30)38/h3-10,17-21,23,32,34,41H,1-2H3,(H2,30,38)(H,39,40)/b14-10+. The molecule has 5 rings (SSSR count). The number of amides is 1. The fraction of sp³-hybridized carbons (Fsp3) is 0.310. The molecule has 2 aromatic rings. The van der Waals surface area contributed by atoms with Gasteiger partial charge in [-0.05, 0) is 49.0 Å². The molecule has 0 bridgehead atoms. The summed E-state index contributed by atoms with van der Waals surface area (Å²) in [4.78, 5) is 79.4. The maximum Gasteiger partial charge on any atom is 0.335 e. The smallest absolute Gasteiger partial charge is 0.335 e. The van der Waals surface area contributed by atoms with Gasteiger partial charge in [-0.3, -0.25) is 28.9 Å². The Kier molecular flexibility index (Phi) is 6.52. The number of ketones is 4. The Morgan fingerprint density at radius 2 is 1.63 bits per heavy atom. The van der Waals surface area contributed by atoms with Gasteiger partial charge in [-0.1, -0.05) is 30.3 Å². The van der Waals surface area contributed by atoms with Crippen LogP contribution in [0, 0.1) is 23.7 Å². The summed E-state index contributed by atoms with van der Waals surface area (Å²) in [6.07, 6.45) is -0.348. The first-order chi connectivity index (χ1) is 19.2. The molecule has 0 radical (unpaired) electrons. The molecule has 0 heterocycles. The molecule has 0 saturated heterocycles. The third kappa shape index (κ3) is 3.86. The molecule has 2 aromatic carbocycles. The van der Waals surface area contributed by atoms with Gasteiger partial charge in [0.1, 0.15) is 5.75 Å². The van der Waals surface area contributed by atoms with E-state index in [0.29, 0.717) is 5.56 Å². The van der Waals surface area contributed by atoms with E-state index in [2.05, 4.69) is 0 Å². The van der Waals surface area contributed by atoms with Crippen LogP contribution in [0.4, 0.5) is 0 Å². The molecule has 3 aliphatic carbocycles. The maximum atomic E-state index is 14.1. The van der Waals surface area contributed by atoms with Gasteiger partial charge >= 0.3 is 5.97 Å². The van der Waals surface area contributed by atoms with Crippen LogP contribution in [0.3, 0.4) is 0 Å². The Morgan fingerprint density at radius 1 is 1.00 bits per heavy atom. The van der Waals surface area contributed by atoms with E-state index in [9.17, 15) is 49.2 Å². The number of carboxylic acids is 1. The lowest BCUT2D eigenvalue weighted by Crippen LogP contribution is -2.77. The molecular weight excluding hydrogens is 536 g/mol. The minimum absolute atomic E-state index is 0.00287. The molecule has 2 fully saturated rings. The highest BCUT2D eigenvalue weighted by Crippen LogP contribution is 2.54. The van der Waals surface area contributed by atoms with E-state index in [1.165, 1.54) is 67.5 Å². The molecule has 212 valence electrons. The molecule has 3 aliphatic rings. The Bertz CT molecular complexity index is 1580.